The summed E-state index contributed by atoms with van der Waals surface area (Å²) in [5.74, 6) is -0.663. The first-order chi connectivity index (χ1) is 16.4. The van der Waals surface area contributed by atoms with Crippen LogP contribution in [0.5, 0.6) is 0 Å². The number of hydrogen-bond acceptors (Lipinski definition) is 5. The van der Waals surface area contributed by atoms with Gasteiger partial charge >= 0.3 is 12.1 Å². The lowest BCUT2D eigenvalue weighted by Crippen LogP contribution is -2.35. The molecule has 1 unspecified atom stereocenters. The molecule has 0 aliphatic heterocycles. The number of hydrogen-bond donors (Lipinski definition) is 3. The molecule has 0 spiro atoms. The summed E-state index contributed by atoms with van der Waals surface area (Å²) in [6.07, 6.45) is 0.0391. The van der Waals surface area contributed by atoms with Crippen LogP contribution in [-0.2, 0) is 14.3 Å². The maximum absolute atomic E-state index is 12.2. The Hall–Kier alpha value is -3.00. The van der Waals surface area contributed by atoms with Gasteiger partial charge in [0.05, 0.1) is 11.7 Å². The Morgan fingerprint density at radius 2 is 1.62 bits per heavy atom. The van der Waals surface area contributed by atoms with E-state index in [-0.39, 0.29) is 36.6 Å². The molecule has 0 saturated carbocycles. The highest BCUT2D eigenvalue weighted by Gasteiger charge is 2.29. The Balaban J connectivity index is 1.34. The molecule has 0 saturated heterocycles. The molecule has 182 valence electrons. The maximum atomic E-state index is 12.2. The highest BCUT2D eigenvalue weighted by molar-refractivity contribution is 7.99. The van der Waals surface area contributed by atoms with Crippen molar-refractivity contribution < 1.29 is 24.2 Å². The van der Waals surface area contributed by atoms with E-state index in [1.54, 1.807) is 0 Å². The summed E-state index contributed by atoms with van der Waals surface area (Å²) in [5.41, 5.74) is 4.69. The highest BCUT2D eigenvalue weighted by atomic mass is 32.2. The number of rotatable bonds is 12. The summed E-state index contributed by atoms with van der Waals surface area (Å²) in [6, 6.07) is 16.4. The number of aliphatic carboxylic acids is 1. The zero-order chi connectivity index (χ0) is 24.5. The number of alkyl carbamates (subject to hydrolysis) is 1. The number of fused-ring (bicyclic) bond motifs is 3. The van der Waals surface area contributed by atoms with E-state index < -0.39 is 18.0 Å². The van der Waals surface area contributed by atoms with Crippen molar-refractivity contribution in [3.8, 4) is 11.1 Å². The molecule has 1 aliphatic carbocycles. The smallest absolute Gasteiger partial charge is 0.407 e. The Kier molecular flexibility index (Phi) is 9.39. The van der Waals surface area contributed by atoms with E-state index in [0.717, 1.165) is 11.1 Å². The van der Waals surface area contributed by atoms with Gasteiger partial charge in [-0.3, -0.25) is 9.59 Å². The predicted molar refractivity (Wildman–Crippen MR) is 134 cm³/mol. The molecule has 0 fully saturated rings. The van der Waals surface area contributed by atoms with E-state index in [1.165, 1.54) is 22.9 Å². The monoisotopic (exact) mass is 484 g/mol. The minimum Gasteiger partial charge on any atom is -0.481 e. The van der Waals surface area contributed by atoms with E-state index in [1.807, 2.05) is 38.1 Å². The summed E-state index contributed by atoms with van der Waals surface area (Å²) < 4.78 is 5.49. The third-order valence-electron chi connectivity index (χ3n) is 5.74. The van der Waals surface area contributed by atoms with Gasteiger partial charge in [0.25, 0.3) is 0 Å². The summed E-state index contributed by atoms with van der Waals surface area (Å²) in [6.45, 7) is 4.68. The molecule has 2 aromatic carbocycles. The molecule has 0 aromatic heterocycles. The van der Waals surface area contributed by atoms with Crippen LogP contribution in [0.2, 0.25) is 0 Å². The lowest BCUT2D eigenvalue weighted by atomic mass is 9.97. The highest BCUT2D eigenvalue weighted by Crippen LogP contribution is 2.44. The van der Waals surface area contributed by atoms with Crippen LogP contribution in [-0.4, -0.2) is 54.3 Å². The minimum absolute atomic E-state index is 0.0153. The van der Waals surface area contributed by atoms with Crippen LogP contribution in [0.1, 0.15) is 37.3 Å². The molecule has 0 radical (unpaired) electrons. The lowest BCUT2D eigenvalue weighted by molar-refractivity contribution is -0.142. The molecule has 1 aliphatic rings. The third-order valence-corrected chi connectivity index (χ3v) is 6.70. The zero-order valence-electron chi connectivity index (χ0n) is 19.6. The van der Waals surface area contributed by atoms with Gasteiger partial charge in [-0.2, -0.15) is 11.8 Å². The molecule has 2 amide bonds. The molecular formula is C26H32N2O5S. The Bertz CT molecular complexity index is 965. The van der Waals surface area contributed by atoms with Crippen LogP contribution >= 0.6 is 11.8 Å². The average Bonchev–Trinajstić information content (AvgIpc) is 3.13. The second-order valence-corrected chi connectivity index (χ2v) is 9.88. The molecule has 7 nitrogen and oxygen atoms in total. The van der Waals surface area contributed by atoms with Crippen LogP contribution in [0.25, 0.3) is 11.1 Å². The molecule has 1 atom stereocenters. The van der Waals surface area contributed by atoms with Crippen LogP contribution in [0.4, 0.5) is 4.79 Å². The number of ether oxygens (including phenoxy) is 1. The number of amides is 2. The van der Waals surface area contributed by atoms with Crippen molar-refractivity contribution >= 4 is 29.7 Å². The number of carbonyl (C=O) groups is 3. The lowest BCUT2D eigenvalue weighted by Gasteiger charge is -2.15. The average molecular weight is 485 g/mol. The van der Waals surface area contributed by atoms with E-state index in [9.17, 15) is 19.5 Å². The third kappa shape index (κ3) is 7.00. The summed E-state index contributed by atoms with van der Waals surface area (Å²) >= 11 is 1.37. The van der Waals surface area contributed by atoms with Crippen LogP contribution < -0.4 is 10.6 Å². The summed E-state index contributed by atoms with van der Waals surface area (Å²) in [5, 5.41) is 14.6. The fourth-order valence-electron chi connectivity index (χ4n) is 4.17. The summed E-state index contributed by atoms with van der Waals surface area (Å²) in [4.78, 5) is 35.4. The van der Waals surface area contributed by atoms with Crippen LogP contribution in [0, 0.1) is 11.8 Å². The normalized spacial score (nSPS) is 13.1. The van der Waals surface area contributed by atoms with Crippen molar-refractivity contribution in [1.82, 2.24) is 10.6 Å². The number of nitrogens with one attached hydrogen (secondary N) is 2. The van der Waals surface area contributed by atoms with Crippen LogP contribution in [0.15, 0.2) is 48.5 Å². The van der Waals surface area contributed by atoms with Gasteiger partial charge < -0.3 is 20.5 Å². The fraction of sp³-hybridized carbons (Fsp3) is 0.423. The molecule has 0 heterocycles. The van der Waals surface area contributed by atoms with E-state index in [0.29, 0.717) is 18.7 Å². The second kappa shape index (κ2) is 12.5. The van der Waals surface area contributed by atoms with Gasteiger partial charge in [-0.15, -0.1) is 0 Å². The standard InChI is InChI=1S/C26H32N2O5S/c1-17(2)13-18(25(30)31)14-28-24(29)16-34-12-11-27-26(32)33-15-23-21-9-5-3-7-19(21)20-8-4-6-10-22(20)23/h3-10,17-18,23H,11-16H2,1-2H3,(H,27,32)(H,28,29)(H,30,31). The van der Waals surface area contributed by atoms with Gasteiger partial charge in [0.2, 0.25) is 5.91 Å². The first kappa shape index (κ1) is 25.6. The van der Waals surface area contributed by atoms with Gasteiger partial charge in [-0.1, -0.05) is 62.4 Å². The van der Waals surface area contributed by atoms with E-state index in [4.69, 9.17) is 4.74 Å². The van der Waals surface area contributed by atoms with Crippen molar-refractivity contribution in [2.75, 3.05) is 31.2 Å². The number of thioether (sulfide) groups is 1. The number of benzene rings is 2. The molecule has 3 N–H and O–H groups in total. The van der Waals surface area contributed by atoms with Gasteiger partial charge in [0, 0.05) is 24.8 Å². The number of carboxylic acid groups (broad SMARTS) is 1. The SMILES string of the molecule is CC(C)CC(CNC(=O)CSCCNC(=O)OCC1c2ccccc2-c2ccccc21)C(=O)O. The topological polar surface area (TPSA) is 105 Å². The van der Waals surface area contributed by atoms with Gasteiger partial charge in [-0.05, 0) is 34.6 Å². The van der Waals surface area contributed by atoms with Crippen molar-refractivity contribution in [3.63, 3.8) is 0 Å². The van der Waals surface area contributed by atoms with E-state index in [2.05, 4.69) is 34.9 Å². The largest absolute Gasteiger partial charge is 0.481 e. The first-order valence-electron chi connectivity index (χ1n) is 11.5. The number of carbonyl (C=O) groups excluding carboxylic acids is 2. The quantitative estimate of drug-likeness (QED) is 0.392. The molecule has 2 aromatic rings. The minimum atomic E-state index is -0.894. The van der Waals surface area contributed by atoms with Crippen LogP contribution in [0.3, 0.4) is 0 Å². The van der Waals surface area contributed by atoms with Crippen molar-refractivity contribution in [1.29, 1.82) is 0 Å². The maximum Gasteiger partial charge on any atom is 0.407 e. The molecule has 34 heavy (non-hydrogen) atoms. The van der Waals surface area contributed by atoms with Crippen molar-refractivity contribution in [2.24, 2.45) is 11.8 Å². The van der Waals surface area contributed by atoms with Gasteiger partial charge in [-0.25, -0.2) is 4.79 Å². The molecular weight excluding hydrogens is 452 g/mol. The molecule has 0 bridgehead atoms. The first-order valence-corrected chi connectivity index (χ1v) is 12.7. The second-order valence-electron chi connectivity index (χ2n) is 8.77. The number of carboxylic acids is 1. The molecule has 3 rings (SSSR count). The van der Waals surface area contributed by atoms with Crippen molar-refractivity contribution in [3.05, 3.63) is 59.7 Å². The summed E-state index contributed by atoms with van der Waals surface area (Å²) in [7, 11) is 0. The Labute approximate surface area is 204 Å². The fourth-order valence-corrected chi connectivity index (χ4v) is 4.85. The van der Waals surface area contributed by atoms with Gasteiger partial charge in [0.1, 0.15) is 6.61 Å². The Morgan fingerprint density at radius 1 is 1.00 bits per heavy atom. The predicted octanol–water partition coefficient (Wildman–Crippen LogP) is 4.12. The Morgan fingerprint density at radius 3 is 2.21 bits per heavy atom. The van der Waals surface area contributed by atoms with Crippen molar-refractivity contribution in [2.45, 2.75) is 26.2 Å². The van der Waals surface area contributed by atoms with E-state index >= 15 is 0 Å². The van der Waals surface area contributed by atoms with Gasteiger partial charge in [0.15, 0.2) is 0 Å². The zero-order valence-corrected chi connectivity index (χ0v) is 20.4. The molecule has 8 heteroatoms.